The van der Waals surface area contributed by atoms with E-state index >= 15 is 0 Å². The van der Waals surface area contributed by atoms with Gasteiger partial charge in [-0.1, -0.05) is 6.55 Å². The molecule has 0 bridgehead atoms. The van der Waals surface area contributed by atoms with Crippen LogP contribution in [-0.2, 0) is 19.6 Å². The number of aliphatic hydroxyl groups is 1. The molecule has 0 radical (unpaired) electrons. The van der Waals surface area contributed by atoms with Crippen molar-refractivity contribution in [3.63, 3.8) is 0 Å². The van der Waals surface area contributed by atoms with Crippen molar-refractivity contribution >= 4 is 29.4 Å². The molecule has 0 aliphatic carbocycles. The first-order valence-electron chi connectivity index (χ1n) is 3.84. The van der Waals surface area contributed by atoms with Crippen LogP contribution in [0.15, 0.2) is 10.4 Å². The third-order valence-electron chi connectivity index (χ3n) is 1.42. The zero-order valence-corrected chi connectivity index (χ0v) is 10.6. The molecule has 0 saturated carbocycles. The van der Waals surface area contributed by atoms with Crippen LogP contribution in [0.2, 0.25) is 6.55 Å². The van der Waals surface area contributed by atoms with E-state index in [-0.39, 0.29) is 8.23 Å². The molecule has 0 aliphatic rings. The normalized spacial score (nSPS) is 14.8. The highest BCUT2D eigenvalue weighted by Gasteiger charge is 2.18. The molecule has 3 nitrogen and oxygen atoms in total. The summed E-state index contributed by atoms with van der Waals surface area (Å²) in [5.74, 6) is 0. The lowest BCUT2D eigenvalue weighted by Gasteiger charge is -2.12. The van der Waals surface area contributed by atoms with E-state index in [0.717, 1.165) is 4.21 Å². The molecule has 6 heteroatoms. The maximum atomic E-state index is 11.4. The summed E-state index contributed by atoms with van der Waals surface area (Å²) in [5, 5.41) is 10.2. The zero-order valence-electron chi connectivity index (χ0n) is 7.77. The van der Waals surface area contributed by atoms with Crippen molar-refractivity contribution in [1.29, 1.82) is 0 Å². The summed E-state index contributed by atoms with van der Waals surface area (Å²) < 4.78 is 12.2. The second-order valence-electron chi connectivity index (χ2n) is 3.08. The quantitative estimate of drug-likeness (QED) is 0.616. The average molecular weight is 234 g/mol. The second kappa shape index (κ2) is 3.99. The van der Waals surface area contributed by atoms with Crippen LogP contribution in [0.5, 0.6) is 0 Å². The molecule has 74 valence electrons. The van der Waals surface area contributed by atoms with E-state index in [4.69, 9.17) is 0 Å². The lowest BCUT2D eigenvalue weighted by molar-refractivity contribution is 0.0783. The van der Waals surface area contributed by atoms with Gasteiger partial charge in [-0.3, -0.25) is 9.80 Å². The smallest absolute Gasteiger partial charge is 0.122 e. The molecular formula is C7H12NO2S2Si-. The Labute approximate surface area is 85.2 Å². The first-order valence-corrected chi connectivity index (χ1v) is 8.43. The van der Waals surface area contributed by atoms with Crippen LogP contribution < -0.4 is 0 Å². The number of aromatic nitrogens is 1. The van der Waals surface area contributed by atoms with Gasteiger partial charge in [-0.05, 0) is 18.1 Å². The fourth-order valence-electron chi connectivity index (χ4n) is 0.751. The molecule has 0 amide bonds. The molecule has 0 atom stereocenters. The van der Waals surface area contributed by atoms with E-state index < -0.39 is 15.4 Å². The third-order valence-corrected chi connectivity index (χ3v) is 6.76. The highest BCUT2D eigenvalue weighted by Crippen LogP contribution is 2.25. The number of hydrogen-bond donors (Lipinski definition) is 1. The summed E-state index contributed by atoms with van der Waals surface area (Å²) >= 11 is 1.33. The molecule has 0 aliphatic heterocycles. The van der Waals surface area contributed by atoms with Crippen molar-refractivity contribution < 1.29 is 9.32 Å². The van der Waals surface area contributed by atoms with Crippen molar-refractivity contribution in [1.82, 2.24) is 4.98 Å². The highest BCUT2D eigenvalue weighted by molar-refractivity contribution is 7.91. The van der Waals surface area contributed by atoms with Gasteiger partial charge in [-0.25, -0.2) is 4.98 Å². The van der Waals surface area contributed by atoms with Crippen molar-refractivity contribution in [2.75, 3.05) is 0 Å². The van der Waals surface area contributed by atoms with Crippen LogP contribution in [0, 0.1) is 0 Å². The van der Waals surface area contributed by atoms with Gasteiger partial charge in [0.05, 0.1) is 0 Å². The Kier molecular flexibility index (Phi) is 3.39. The Morgan fingerprint density at radius 3 is 2.69 bits per heavy atom. The van der Waals surface area contributed by atoms with Crippen LogP contribution >= 0.6 is 11.3 Å². The Bertz CT molecular complexity index is 374. The fraction of sp³-hybridized carbons (Fsp3) is 0.571. The minimum atomic E-state index is -0.920. The van der Waals surface area contributed by atoms with Crippen molar-refractivity contribution in [3.8, 4) is 0 Å². The van der Waals surface area contributed by atoms with Gasteiger partial charge in [0.15, 0.2) is 0 Å². The van der Waals surface area contributed by atoms with Gasteiger partial charge in [0, 0.05) is 6.20 Å². The summed E-state index contributed by atoms with van der Waals surface area (Å²) in [7, 11) is -0.957. The van der Waals surface area contributed by atoms with Gasteiger partial charge in [-0.15, -0.1) is 19.6 Å². The Morgan fingerprint density at radius 1 is 1.69 bits per heavy atom. The molecule has 0 fully saturated rings. The summed E-state index contributed by atoms with van der Waals surface area (Å²) in [4.78, 5) is 4.05. The van der Waals surface area contributed by atoms with Gasteiger partial charge < -0.3 is 9.32 Å². The largest absolute Gasteiger partial charge is 0.460 e. The molecule has 1 rings (SSSR count). The summed E-state index contributed by atoms with van der Waals surface area (Å²) in [6.45, 7) is 5.30. The molecule has 1 heterocycles. The molecular weight excluding hydrogens is 222 g/mol. The molecule has 0 spiro atoms. The fourth-order valence-corrected chi connectivity index (χ4v) is 4.54. The molecule has 1 N–H and O–H groups in total. The molecule has 0 saturated heterocycles. The lowest BCUT2D eigenvalue weighted by Crippen LogP contribution is -2.14. The minimum Gasteiger partial charge on any atom is -0.460 e. The number of hydrogen-bond acceptors (Lipinski definition) is 5. The van der Waals surface area contributed by atoms with Crippen molar-refractivity contribution in [3.05, 3.63) is 11.2 Å². The maximum Gasteiger partial charge on any atom is 0.122 e. The molecule has 0 aromatic carbocycles. The summed E-state index contributed by atoms with van der Waals surface area (Å²) in [6, 6.07) is 0. The monoisotopic (exact) mass is 234 g/mol. The molecule has 13 heavy (non-hydrogen) atoms. The van der Waals surface area contributed by atoms with Gasteiger partial charge in [0.2, 0.25) is 0 Å². The van der Waals surface area contributed by atoms with Gasteiger partial charge in [0.1, 0.15) is 10.6 Å². The zero-order chi connectivity index (χ0) is 10.1. The first-order chi connectivity index (χ1) is 5.95. The standard InChI is InChI=1S/C7H12NO2S2Si/c1-7(2,9)6-8-4-5(11-6)12(10)13-3/h4,9,13H,1-3H3/q-1. The third kappa shape index (κ3) is 2.70. The summed E-state index contributed by atoms with van der Waals surface area (Å²) in [6.07, 6.45) is 1.60. The Hall–Kier alpha value is -0.0431. The van der Waals surface area contributed by atoms with E-state index in [1.54, 1.807) is 20.0 Å². The molecule has 1 aromatic heterocycles. The average Bonchev–Trinajstić information content (AvgIpc) is 2.50. The Balaban J connectivity index is 3.08. The predicted octanol–water partition coefficient (Wildman–Crippen LogP) is 1.09. The minimum absolute atomic E-state index is 0.0813. The van der Waals surface area contributed by atoms with Crippen LogP contribution in [0.25, 0.3) is 0 Å². The van der Waals surface area contributed by atoms with Gasteiger partial charge in [0.25, 0.3) is 0 Å². The van der Waals surface area contributed by atoms with Crippen LogP contribution in [0.3, 0.4) is 0 Å². The summed E-state index contributed by atoms with van der Waals surface area (Å²) in [5.41, 5.74) is -0.920. The van der Waals surface area contributed by atoms with Gasteiger partial charge >= 0.3 is 0 Å². The highest BCUT2D eigenvalue weighted by atomic mass is 32.3. The van der Waals surface area contributed by atoms with E-state index in [1.165, 1.54) is 11.3 Å². The predicted molar refractivity (Wildman–Crippen MR) is 56.7 cm³/mol. The number of nitrogens with zero attached hydrogens (tertiary/aromatic N) is 1. The topological polar surface area (TPSA) is 50.2 Å². The molecule has 0 unspecified atom stereocenters. The number of thiazole rings is 1. The second-order valence-corrected chi connectivity index (χ2v) is 8.57. The first kappa shape index (κ1) is 11.0. The van der Waals surface area contributed by atoms with E-state index in [1.807, 2.05) is 6.55 Å². The number of rotatable bonds is 2. The van der Waals surface area contributed by atoms with Gasteiger partial charge in [-0.2, -0.15) is 0 Å². The van der Waals surface area contributed by atoms with Crippen LogP contribution in [-0.4, -0.2) is 18.3 Å². The van der Waals surface area contributed by atoms with Crippen molar-refractivity contribution in [2.45, 2.75) is 30.2 Å². The Morgan fingerprint density at radius 2 is 2.31 bits per heavy atom. The lowest BCUT2D eigenvalue weighted by atomic mass is 10.2. The SMILES string of the molecule is C[SiH]=[S-](=O)c1cnc(C(C)(C)O)s1. The van der Waals surface area contributed by atoms with Crippen LogP contribution in [0.1, 0.15) is 18.9 Å². The molecule has 1 aromatic rings. The van der Waals surface area contributed by atoms with E-state index in [0.29, 0.717) is 5.01 Å². The van der Waals surface area contributed by atoms with E-state index in [2.05, 4.69) is 4.98 Å². The van der Waals surface area contributed by atoms with Crippen LogP contribution in [0.4, 0.5) is 0 Å². The van der Waals surface area contributed by atoms with Crippen molar-refractivity contribution in [2.24, 2.45) is 0 Å². The maximum absolute atomic E-state index is 11.4. The van der Waals surface area contributed by atoms with E-state index in [9.17, 15) is 9.32 Å².